The van der Waals surface area contributed by atoms with E-state index in [1.807, 2.05) is 55.5 Å². The van der Waals surface area contributed by atoms with Crippen molar-refractivity contribution in [1.29, 1.82) is 0 Å². The van der Waals surface area contributed by atoms with Crippen molar-refractivity contribution in [2.75, 3.05) is 7.11 Å². The molecule has 0 aliphatic heterocycles. The molecule has 0 atom stereocenters. The number of nitrogens with one attached hydrogen (secondary N) is 1. The number of aromatic amines is 1. The fraction of sp³-hybridized carbons (Fsp3) is 0.115. The number of H-pyrrole nitrogens is 1. The summed E-state index contributed by atoms with van der Waals surface area (Å²) in [5.74, 6) is 1.15. The van der Waals surface area contributed by atoms with Gasteiger partial charge in [0.25, 0.3) is 0 Å². The van der Waals surface area contributed by atoms with Gasteiger partial charge < -0.3 is 4.74 Å². The lowest BCUT2D eigenvalue weighted by atomic mass is 10.1. The van der Waals surface area contributed by atoms with Gasteiger partial charge in [-0.25, -0.2) is 13.9 Å². The van der Waals surface area contributed by atoms with Crippen LogP contribution in [0.5, 0.6) is 5.75 Å². The lowest BCUT2D eigenvalue weighted by molar-refractivity contribution is 0.415. The average molecular weight is 516 g/mol. The summed E-state index contributed by atoms with van der Waals surface area (Å²) in [6.45, 7) is 1.99. The van der Waals surface area contributed by atoms with E-state index in [0.29, 0.717) is 22.1 Å². The molecule has 0 aliphatic carbocycles. The fourth-order valence-electron chi connectivity index (χ4n) is 3.73. The number of halogens is 1. The summed E-state index contributed by atoms with van der Waals surface area (Å²) in [7, 11) is 1.60. The Hall–Kier alpha value is -4.64. The molecule has 5 aromatic rings. The van der Waals surface area contributed by atoms with Crippen LogP contribution in [0.1, 0.15) is 17.0 Å². The summed E-state index contributed by atoms with van der Waals surface area (Å²) in [6, 6.07) is 20.8. The third-order valence-corrected chi connectivity index (χ3v) is 5.96. The Morgan fingerprint density at radius 3 is 2.43 bits per heavy atom. The van der Waals surface area contributed by atoms with E-state index in [4.69, 9.17) is 17.0 Å². The van der Waals surface area contributed by atoms with Crippen LogP contribution in [0.3, 0.4) is 0 Å². The molecule has 0 bridgehead atoms. The monoisotopic (exact) mass is 515 g/mol. The first-order valence-corrected chi connectivity index (χ1v) is 11.7. The van der Waals surface area contributed by atoms with Gasteiger partial charge in [0.1, 0.15) is 18.1 Å². The van der Waals surface area contributed by atoms with Crippen LogP contribution in [0.2, 0.25) is 0 Å². The minimum atomic E-state index is -0.458. The second kappa shape index (κ2) is 10.2. The van der Waals surface area contributed by atoms with Crippen molar-refractivity contribution in [2.45, 2.75) is 13.5 Å². The molecule has 5 rings (SSSR count). The molecular weight excluding hydrogens is 493 g/mol. The average Bonchev–Trinajstić information content (AvgIpc) is 3.43. The Morgan fingerprint density at radius 2 is 1.76 bits per heavy atom. The van der Waals surface area contributed by atoms with Gasteiger partial charge in [-0.3, -0.25) is 9.67 Å². The highest BCUT2D eigenvalue weighted by atomic mass is 32.1. The largest absolute Gasteiger partial charge is 0.497 e. The quantitative estimate of drug-likeness (QED) is 0.257. The number of methoxy groups -OCH3 is 1. The zero-order valence-corrected chi connectivity index (χ0v) is 20.8. The van der Waals surface area contributed by atoms with Gasteiger partial charge in [0.05, 0.1) is 13.3 Å². The minimum absolute atomic E-state index is 0.00721. The summed E-state index contributed by atoms with van der Waals surface area (Å²) >= 11 is 5.38. The van der Waals surface area contributed by atoms with Crippen molar-refractivity contribution >= 4 is 18.4 Å². The summed E-state index contributed by atoms with van der Waals surface area (Å²) in [5.41, 5.74) is 2.74. The smallest absolute Gasteiger partial charge is 0.367 e. The number of hydrogen-bond donors (Lipinski definition) is 1. The van der Waals surface area contributed by atoms with Gasteiger partial charge in [-0.1, -0.05) is 29.8 Å². The van der Waals surface area contributed by atoms with Crippen LogP contribution < -0.4 is 10.4 Å². The maximum atomic E-state index is 13.5. The normalized spacial score (nSPS) is 11.3. The third kappa shape index (κ3) is 5.02. The van der Waals surface area contributed by atoms with E-state index in [2.05, 4.69) is 20.4 Å². The Balaban J connectivity index is 1.57. The standard InChI is InChI=1S/C26H22FN7O2S/c1-17-3-7-19(8-4-17)24-31-32(26(35)34(24)28-15-18-5-13-22(36-2)14-6-18)16-23-29-30-25(37)33(23)21-11-9-20(27)10-12-21/h3-15H,16H2,1-2H3,(H,30,37)/b28-15+. The molecule has 3 aromatic carbocycles. The first-order valence-electron chi connectivity index (χ1n) is 11.3. The Bertz CT molecular complexity index is 1680. The fourth-order valence-corrected chi connectivity index (χ4v) is 3.99. The molecule has 0 spiro atoms. The van der Waals surface area contributed by atoms with Crippen LogP contribution in [0.15, 0.2) is 82.7 Å². The molecule has 9 nitrogen and oxygen atoms in total. The predicted molar refractivity (Wildman–Crippen MR) is 140 cm³/mol. The molecule has 186 valence electrons. The van der Waals surface area contributed by atoms with Crippen molar-refractivity contribution in [3.05, 3.63) is 111 Å². The number of ether oxygens (including phenoxy) is 1. The molecular formula is C26H22FN7O2S. The van der Waals surface area contributed by atoms with E-state index in [-0.39, 0.29) is 12.4 Å². The summed E-state index contributed by atoms with van der Waals surface area (Å²) < 4.78 is 23.1. The molecule has 11 heteroatoms. The van der Waals surface area contributed by atoms with Crippen molar-refractivity contribution in [3.63, 3.8) is 0 Å². The van der Waals surface area contributed by atoms with Gasteiger partial charge in [0.15, 0.2) is 16.4 Å². The van der Waals surface area contributed by atoms with Crippen LogP contribution in [-0.4, -0.2) is 42.5 Å². The first kappa shape index (κ1) is 24.1. The van der Waals surface area contributed by atoms with E-state index < -0.39 is 5.69 Å². The topological polar surface area (TPSA) is 95.0 Å². The molecule has 0 amide bonds. The van der Waals surface area contributed by atoms with Crippen molar-refractivity contribution in [3.8, 4) is 22.8 Å². The third-order valence-electron chi connectivity index (χ3n) is 5.68. The molecule has 37 heavy (non-hydrogen) atoms. The highest BCUT2D eigenvalue weighted by Crippen LogP contribution is 2.18. The second-order valence-electron chi connectivity index (χ2n) is 8.22. The summed E-state index contributed by atoms with van der Waals surface area (Å²) in [4.78, 5) is 13.5. The van der Waals surface area contributed by atoms with Gasteiger partial charge in [0.2, 0.25) is 0 Å². The molecule has 0 unspecified atom stereocenters. The zero-order chi connectivity index (χ0) is 25.9. The van der Waals surface area contributed by atoms with Gasteiger partial charge >= 0.3 is 5.69 Å². The minimum Gasteiger partial charge on any atom is -0.497 e. The molecule has 0 radical (unpaired) electrons. The van der Waals surface area contributed by atoms with Crippen LogP contribution >= 0.6 is 12.2 Å². The molecule has 0 fully saturated rings. The first-order chi connectivity index (χ1) is 17.9. The predicted octanol–water partition coefficient (Wildman–Crippen LogP) is 4.34. The number of benzene rings is 3. The lowest BCUT2D eigenvalue weighted by Gasteiger charge is -2.06. The maximum Gasteiger partial charge on any atom is 0.367 e. The number of rotatable bonds is 7. The lowest BCUT2D eigenvalue weighted by Crippen LogP contribution is -2.25. The Kier molecular flexibility index (Phi) is 6.60. The Morgan fingerprint density at radius 1 is 1.05 bits per heavy atom. The van der Waals surface area contributed by atoms with Gasteiger partial charge in [-0.05, 0) is 73.2 Å². The van der Waals surface area contributed by atoms with Gasteiger partial charge in [-0.2, -0.15) is 14.9 Å². The summed E-state index contributed by atoms with van der Waals surface area (Å²) in [6.07, 6.45) is 1.58. The van der Waals surface area contributed by atoms with E-state index in [1.54, 1.807) is 30.0 Å². The van der Waals surface area contributed by atoms with E-state index >= 15 is 0 Å². The van der Waals surface area contributed by atoms with E-state index in [9.17, 15) is 9.18 Å². The molecule has 1 N–H and O–H groups in total. The van der Waals surface area contributed by atoms with Crippen LogP contribution in [0.25, 0.3) is 17.1 Å². The molecule has 2 aromatic heterocycles. The molecule has 0 aliphatic rings. The highest BCUT2D eigenvalue weighted by Gasteiger charge is 2.18. The Labute approximate surface area is 216 Å². The second-order valence-corrected chi connectivity index (χ2v) is 8.60. The van der Waals surface area contributed by atoms with Gasteiger partial charge in [-0.15, -0.1) is 5.10 Å². The van der Waals surface area contributed by atoms with Gasteiger partial charge in [0, 0.05) is 11.3 Å². The van der Waals surface area contributed by atoms with Crippen molar-refractivity contribution in [1.82, 2.24) is 29.2 Å². The maximum absolute atomic E-state index is 13.5. The highest BCUT2D eigenvalue weighted by molar-refractivity contribution is 7.71. The van der Waals surface area contributed by atoms with Crippen molar-refractivity contribution in [2.24, 2.45) is 5.10 Å². The number of aromatic nitrogens is 6. The summed E-state index contributed by atoms with van der Waals surface area (Å²) in [5, 5.41) is 16.0. The van der Waals surface area contributed by atoms with Crippen LogP contribution in [0.4, 0.5) is 4.39 Å². The molecule has 0 saturated heterocycles. The number of nitrogens with zero attached hydrogens (tertiary/aromatic N) is 6. The number of hydrogen-bond acceptors (Lipinski definition) is 6. The number of aryl methyl sites for hydroxylation is 1. The van der Waals surface area contributed by atoms with E-state index in [0.717, 1.165) is 22.4 Å². The molecule has 0 saturated carbocycles. The van der Waals surface area contributed by atoms with Crippen LogP contribution in [0, 0.1) is 17.5 Å². The van der Waals surface area contributed by atoms with Crippen LogP contribution in [-0.2, 0) is 6.54 Å². The van der Waals surface area contributed by atoms with Crippen molar-refractivity contribution < 1.29 is 9.13 Å². The van der Waals surface area contributed by atoms with E-state index in [1.165, 1.54) is 21.5 Å². The molecule has 2 heterocycles. The SMILES string of the molecule is COc1ccc(/C=N/n2c(-c3ccc(C)cc3)nn(Cc3n[nH]c(=S)n3-c3ccc(F)cc3)c2=O)cc1. The zero-order valence-electron chi connectivity index (χ0n) is 20.0.